The van der Waals surface area contributed by atoms with Gasteiger partial charge in [0.1, 0.15) is 0 Å². The van der Waals surface area contributed by atoms with E-state index in [-0.39, 0.29) is 11.9 Å². The molecule has 1 N–H and O–H groups in total. The van der Waals surface area contributed by atoms with Gasteiger partial charge in [-0.3, -0.25) is 4.79 Å². The fraction of sp³-hybridized carbons (Fsp3) is 0.533. The number of hydrogen-bond acceptors (Lipinski definition) is 2. The first-order valence-electron chi connectivity index (χ1n) is 6.65. The first kappa shape index (κ1) is 15.1. The van der Waals surface area contributed by atoms with Crippen LogP contribution >= 0.6 is 12.6 Å². The molecule has 0 aliphatic heterocycles. The summed E-state index contributed by atoms with van der Waals surface area (Å²) in [6.45, 7) is 6.20. The highest BCUT2D eigenvalue weighted by atomic mass is 32.1. The van der Waals surface area contributed by atoms with E-state index in [1.807, 2.05) is 25.1 Å². The third kappa shape index (κ3) is 4.73. The normalized spacial score (nSPS) is 12.2. The van der Waals surface area contributed by atoms with E-state index in [1.54, 1.807) is 0 Å². The fourth-order valence-corrected chi connectivity index (χ4v) is 2.13. The maximum atomic E-state index is 12.1. The van der Waals surface area contributed by atoms with Gasteiger partial charge in [0.25, 0.3) is 5.91 Å². The first-order valence-corrected chi connectivity index (χ1v) is 7.09. The molecule has 18 heavy (non-hydrogen) atoms. The van der Waals surface area contributed by atoms with Gasteiger partial charge in [-0.15, -0.1) is 12.6 Å². The van der Waals surface area contributed by atoms with Crippen molar-refractivity contribution in [2.75, 3.05) is 0 Å². The molecule has 1 aromatic rings. The van der Waals surface area contributed by atoms with Crippen molar-refractivity contribution in [1.82, 2.24) is 5.32 Å². The fourth-order valence-electron chi connectivity index (χ4n) is 1.93. The summed E-state index contributed by atoms with van der Waals surface area (Å²) in [6, 6.07) is 5.89. The van der Waals surface area contributed by atoms with Crippen molar-refractivity contribution in [2.24, 2.45) is 0 Å². The molecule has 1 rings (SSSR count). The lowest BCUT2D eigenvalue weighted by Gasteiger charge is -2.15. The minimum absolute atomic E-state index is 0.00685. The molecule has 1 atom stereocenters. The molecule has 0 aliphatic carbocycles. The van der Waals surface area contributed by atoms with Crippen molar-refractivity contribution in [3.63, 3.8) is 0 Å². The molecule has 1 aromatic carbocycles. The van der Waals surface area contributed by atoms with Crippen LogP contribution in [0.2, 0.25) is 0 Å². The van der Waals surface area contributed by atoms with E-state index in [0.717, 1.165) is 22.4 Å². The summed E-state index contributed by atoms with van der Waals surface area (Å²) in [5.74, 6) is 0.00685. The molecule has 2 nitrogen and oxygen atoms in total. The van der Waals surface area contributed by atoms with Gasteiger partial charge in [-0.2, -0.15) is 0 Å². The molecular weight excluding hydrogens is 242 g/mol. The number of hydrogen-bond donors (Lipinski definition) is 2. The number of carbonyl (C=O) groups is 1. The van der Waals surface area contributed by atoms with E-state index in [9.17, 15) is 4.79 Å². The van der Waals surface area contributed by atoms with Gasteiger partial charge in [0.05, 0.1) is 0 Å². The molecule has 0 heterocycles. The monoisotopic (exact) mass is 265 g/mol. The van der Waals surface area contributed by atoms with E-state index in [1.165, 1.54) is 19.3 Å². The highest BCUT2D eigenvalue weighted by Crippen LogP contribution is 2.14. The Kier molecular flexibility index (Phi) is 6.27. The van der Waals surface area contributed by atoms with Crippen LogP contribution in [0.1, 0.15) is 55.5 Å². The molecule has 3 heteroatoms. The number of carbonyl (C=O) groups excluding carboxylic acids is 1. The highest BCUT2D eigenvalue weighted by molar-refractivity contribution is 7.80. The largest absolute Gasteiger partial charge is 0.350 e. The summed E-state index contributed by atoms with van der Waals surface area (Å²) < 4.78 is 0. The Morgan fingerprint density at radius 3 is 2.78 bits per heavy atom. The summed E-state index contributed by atoms with van der Waals surface area (Å²) in [6.07, 6.45) is 4.65. The van der Waals surface area contributed by atoms with Gasteiger partial charge in [0, 0.05) is 16.5 Å². The molecule has 1 amide bonds. The SMILES string of the molecule is CCCCCC(C)NC(=O)c1cc(S)ccc1C. The van der Waals surface area contributed by atoms with Crippen LogP contribution in [0, 0.1) is 6.92 Å². The molecule has 0 radical (unpaired) electrons. The quantitative estimate of drug-likeness (QED) is 0.591. The number of nitrogens with one attached hydrogen (secondary N) is 1. The summed E-state index contributed by atoms with van der Waals surface area (Å²) in [4.78, 5) is 12.9. The second kappa shape index (κ2) is 7.47. The molecule has 0 saturated carbocycles. The Hall–Kier alpha value is -0.960. The molecule has 1 unspecified atom stereocenters. The number of thiol groups is 1. The first-order chi connectivity index (χ1) is 8.54. The Bertz CT molecular complexity index is 403. The lowest BCUT2D eigenvalue weighted by atomic mass is 10.1. The van der Waals surface area contributed by atoms with Gasteiger partial charge < -0.3 is 5.32 Å². The van der Waals surface area contributed by atoms with Gasteiger partial charge in [-0.1, -0.05) is 32.3 Å². The second-order valence-corrected chi connectivity index (χ2v) is 5.39. The van der Waals surface area contributed by atoms with Crippen LogP contribution in [0.4, 0.5) is 0 Å². The molecular formula is C15H23NOS. The van der Waals surface area contributed by atoms with Gasteiger partial charge in [-0.05, 0) is 38.0 Å². The topological polar surface area (TPSA) is 29.1 Å². The van der Waals surface area contributed by atoms with Crippen LogP contribution in [0.3, 0.4) is 0 Å². The second-order valence-electron chi connectivity index (χ2n) is 4.87. The average Bonchev–Trinajstić information content (AvgIpc) is 2.32. The molecule has 100 valence electrons. The number of benzene rings is 1. The van der Waals surface area contributed by atoms with Crippen molar-refractivity contribution in [3.8, 4) is 0 Å². The summed E-state index contributed by atoms with van der Waals surface area (Å²) in [7, 11) is 0. The Labute approximate surface area is 116 Å². The van der Waals surface area contributed by atoms with E-state index >= 15 is 0 Å². The lowest BCUT2D eigenvalue weighted by Crippen LogP contribution is -2.32. The molecule has 0 bridgehead atoms. The Morgan fingerprint density at radius 1 is 1.39 bits per heavy atom. The van der Waals surface area contributed by atoms with Crippen LogP contribution in [0.25, 0.3) is 0 Å². The third-order valence-corrected chi connectivity index (χ3v) is 3.36. The Balaban J connectivity index is 2.56. The summed E-state index contributed by atoms with van der Waals surface area (Å²) in [5, 5.41) is 3.05. The van der Waals surface area contributed by atoms with Crippen molar-refractivity contribution in [2.45, 2.75) is 57.4 Å². The zero-order valence-corrected chi connectivity index (χ0v) is 12.4. The third-order valence-electron chi connectivity index (χ3n) is 3.08. The maximum absolute atomic E-state index is 12.1. The molecule has 0 aliphatic rings. The van der Waals surface area contributed by atoms with Crippen LogP contribution in [0.15, 0.2) is 23.1 Å². The summed E-state index contributed by atoms with van der Waals surface area (Å²) in [5.41, 5.74) is 1.72. The van der Waals surface area contributed by atoms with Crippen LogP contribution < -0.4 is 5.32 Å². The predicted molar refractivity (Wildman–Crippen MR) is 79.5 cm³/mol. The highest BCUT2D eigenvalue weighted by Gasteiger charge is 2.12. The number of amides is 1. The van der Waals surface area contributed by atoms with Crippen molar-refractivity contribution in [1.29, 1.82) is 0 Å². The number of aryl methyl sites for hydroxylation is 1. The van der Waals surface area contributed by atoms with E-state index in [0.29, 0.717) is 0 Å². The van der Waals surface area contributed by atoms with Crippen molar-refractivity contribution in [3.05, 3.63) is 29.3 Å². The molecule has 0 saturated heterocycles. The molecule has 0 spiro atoms. The number of rotatable bonds is 6. The van der Waals surface area contributed by atoms with Gasteiger partial charge >= 0.3 is 0 Å². The zero-order valence-electron chi connectivity index (χ0n) is 11.5. The predicted octanol–water partition coefficient (Wildman–Crippen LogP) is 3.98. The average molecular weight is 265 g/mol. The van der Waals surface area contributed by atoms with Crippen molar-refractivity contribution < 1.29 is 4.79 Å². The van der Waals surface area contributed by atoms with E-state index in [2.05, 4.69) is 31.8 Å². The minimum atomic E-state index is 0.00685. The molecule has 0 aromatic heterocycles. The maximum Gasteiger partial charge on any atom is 0.251 e. The van der Waals surface area contributed by atoms with E-state index < -0.39 is 0 Å². The lowest BCUT2D eigenvalue weighted by molar-refractivity contribution is 0.0937. The standard InChI is InChI=1S/C15H23NOS/c1-4-5-6-7-12(3)16-15(17)14-10-13(18)9-8-11(14)2/h8-10,12,18H,4-7H2,1-3H3,(H,16,17). The Morgan fingerprint density at radius 2 is 2.11 bits per heavy atom. The van der Waals surface area contributed by atoms with Gasteiger partial charge in [0.2, 0.25) is 0 Å². The van der Waals surface area contributed by atoms with Crippen LogP contribution in [-0.2, 0) is 0 Å². The number of unbranched alkanes of at least 4 members (excludes halogenated alkanes) is 2. The van der Waals surface area contributed by atoms with Gasteiger partial charge in [0.15, 0.2) is 0 Å². The van der Waals surface area contributed by atoms with E-state index in [4.69, 9.17) is 0 Å². The summed E-state index contributed by atoms with van der Waals surface area (Å²) >= 11 is 4.28. The van der Waals surface area contributed by atoms with Gasteiger partial charge in [-0.25, -0.2) is 0 Å². The molecule has 0 fully saturated rings. The van der Waals surface area contributed by atoms with Crippen LogP contribution in [-0.4, -0.2) is 11.9 Å². The van der Waals surface area contributed by atoms with Crippen LogP contribution in [0.5, 0.6) is 0 Å². The zero-order chi connectivity index (χ0) is 13.5. The van der Waals surface area contributed by atoms with Crippen molar-refractivity contribution >= 4 is 18.5 Å². The smallest absolute Gasteiger partial charge is 0.251 e. The minimum Gasteiger partial charge on any atom is -0.350 e.